The van der Waals surface area contributed by atoms with E-state index in [9.17, 15) is 9.90 Å². The summed E-state index contributed by atoms with van der Waals surface area (Å²) in [6, 6.07) is 5.18. The Balaban J connectivity index is 1.91. The average Bonchev–Trinajstić information content (AvgIpc) is 2.95. The first-order valence-electron chi connectivity index (χ1n) is 7.40. The molecule has 2 aromatic rings. The molecule has 6 nitrogen and oxygen atoms in total. The number of aromatic hydroxyl groups is 1. The van der Waals surface area contributed by atoms with E-state index < -0.39 is 5.97 Å². The van der Waals surface area contributed by atoms with Crippen LogP contribution in [-0.2, 0) is 11.2 Å². The summed E-state index contributed by atoms with van der Waals surface area (Å²) in [6.07, 6.45) is 1.92. The predicted molar refractivity (Wildman–Crippen MR) is 110 cm³/mol. The monoisotopic (exact) mass is 431 g/mol. The summed E-state index contributed by atoms with van der Waals surface area (Å²) in [5.74, 6) is -0.739. The third-order valence-electron chi connectivity index (χ3n) is 3.21. The molecule has 0 aliphatic heterocycles. The molecule has 0 spiro atoms. The molecule has 0 amide bonds. The molecule has 0 saturated carbocycles. The maximum absolute atomic E-state index is 10.4. The number of hydrazone groups is 1. The van der Waals surface area contributed by atoms with Gasteiger partial charge in [-0.3, -0.25) is 10.2 Å². The van der Waals surface area contributed by atoms with E-state index in [-0.39, 0.29) is 23.8 Å². The van der Waals surface area contributed by atoms with Gasteiger partial charge in [0.05, 0.1) is 21.3 Å². The van der Waals surface area contributed by atoms with Crippen LogP contribution in [0.4, 0.5) is 0 Å². The third kappa shape index (κ3) is 5.84. The molecule has 0 radical (unpaired) electrons. The highest BCUT2D eigenvalue weighted by Crippen LogP contribution is 2.40. The minimum absolute atomic E-state index is 0.0359. The second-order valence-electron chi connectivity index (χ2n) is 5.09. The van der Waals surface area contributed by atoms with Crippen molar-refractivity contribution < 1.29 is 15.0 Å². The quantitative estimate of drug-likeness (QED) is 0.301. The standard InChI is InChI=1S/C16H15Cl2N3O3S2/c17-11-2-1-9(7-12(11)18)15-14(24)10(8-26-15)3-6-20-21-16(25)19-5-4-13(22)23/h1-2,6-8,24H,3-5H2,(H,22,23)(H2,19,21,25). The fourth-order valence-corrected chi connectivity index (χ4v) is 3.37. The first kappa shape index (κ1) is 20.4. The molecule has 2 rings (SSSR count). The van der Waals surface area contributed by atoms with Crippen LogP contribution in [-0.4, -0.2) is 34.1 Å². The number of carbonyl (C=O) groups is 1. The molecule has 1 aromatic heterocycles. The van der Waals surface area contributed by atoms with Gasteiger partial charge in [-0.1, -0.05) is 29.3 Å². The molecule has 10 heteroatoms. The number of halogens is 2. The van der Waals surface area contributed by atoms with Crippen molar-refractivity contribution in [2.24, 2.45) is 5.10 Å². The molecule has 26 heavy (non-hydrogen) atoms. The molecule has 0 atom stereocenters. The Morgan fingerprint density at radius 1 is 1.35 bits per heavy atom. The Morgan fingerprint density at radius 2 is 2.12 bits per heavy atom. The van der Waals surface area contributed by atoms with Crippen LogP contribution in [0.1, 0.15) is 12.0 Å². The van der Waals surface area contributed by atoms with Gasteiger partial charge < -0.3 is 15.5 Å². The van der Waals surface area contributed by atoms with Crippen LogP contribution in [0.2, 0.25) is 10.0 Å². The highest BCUT2D eigenvalue weighted by Gasteiger charge is 2.13. The molecule has 0 bridgehead atoms. The van der Waals surface area contributed by atoms with Crippen LogP contribution in [0.15, 0.2) is 28.7 Å². The second kappa shape index (κ2) is 9.72. The first-order valence-corrected chi connectivity index (χ1v) is 9.44. The Hall–Kier alpha value is -1.87. The van der Waals surface area contributed by atoms with Gasteiger partial charge in [-0.05, 0) is 35.3 Å². The number of carboxylic acids is 1. The molecule has 0 fully saturated rings. The van der Waals surface area contributed by atoms with Crippen LogP contribution >= 0.6 is 46.8 Å². The molecule has 4 N–H and O–H groups in total. The van der Waals surface area contributed by atoms with Gasteiger partial charge in [0.2, 0.25) is 0 Å². The van der Waals surface area contributed by atoms with E-state index >= 15 is 0 Å². The summed E-state index contributed by atoms with van der Waals surface area (Å²) in [6.45, 7) is 0.217. The molecule has 138 valence electrons. The largest absolute Gasteiger partial charge is 0.506 e. The van der Waals surface area contributed by atoms with E-state index in [4.69, 9.17) is 40.5 Å². The molecular formula is C16H15Cl2N3O3S2. The molecule has 0 aliphatic carbocycles. The van der Waals surface area contributed by atoms with E-state index in [1.165, 1.54) is 11.3 Å². The number of thiocarbonyl (C=S) groups is 1. The van der Waals surface area contributed by atoms with Gasteiger partial charge in [-0.2, -0.15) is 5.10 Å². The summed E-state index contributed by atoms with van der Waals surface area (Å²) in [5, 5.41) is 28.5. The zero-order valence-electron chi connectivity index (χ0n) is 13.3. The zero-order valence-corrected chi connectivity index (χ0v) is 16.5. The van der Waals surface area contributed by atoms with Gasteiger partial charge in [0, 0.05) is 24.7 Å². The summed E-state index contributed by atoms with van der Waals surface area (Å²) in [5.41, 5.74) is 4.08. The van der Waals surface area contributed by atoms with Crippen molar-refractivity contribution in [3.8, 4) is 16.2 Å². The van der Waals surface area contributed by atoms with Crippen molar-refractivity contribution in [3.63, 3.8) is 0 Å². The normalized spacial score (nSPS) is 10.8. The highest BCUT2D eigenvalue weighted by molar-refractivity contribution is 7.80. The van der Waals surface area contributed by atoms with E-state index in [0.717, 1.165) is 5.56 Å². The van der Waals surface area contributed by atoms with Crippen LogP contribution in [0, 0.1) is 0 Å². The maximum Gasteiger partial charge on any atom is 0.305 e. The topological polar surface area (TPSA) is 94.0 Å². The number of hydrogen-bond acceptors (Lipinski definition) is 5. The Morgan fingerprint density at radius 3 is 2.81 bits per heavy atom. The maximum atomic E-state index is 10.4. The first-order chi connectivity index (χ1) is 12.4. The van der Waals surface area contributed by atoms with Gasteiger partial charge in [0.25, 0.3) is 0 Å². The van der Waals surface area contributed by atoms with Gasteiger partial charge in [-0.15, -0.1) is 11.3 Å². The lowest BCUT2D eigenvalue weighted by molar-refractivity contribution is -0.136. The lowest BCUT2D eigenvalue weighted by Gasteiger charge is -2.04. The van der Waals surface area contributed by atoms with E-state index in [1.807, 2.05) is 5.38 Å². The van der Waals surface area contributed by atoms with Crippen molar-refractivity contribution in [1.29, 1.82) is 0 Å². The minimum Gasteiger partial charge on any atom is -0.506 e. The Kier molecular flexibility index (Phi) is 7.65. The van der Waals surface area contributed by atoms with Gasteiger partial charge in [-0.25, -0.2) is 0 Å². The lowest BCUT2D eigenvalue weighted by atomic mass is 10.1. The molecule has 0 saturated heterocycles. The average molecular weight is 432 g/mol. The summed E-state index contributed by atoms with van der Waals surface area (Å²) in [7, 11) is 0. The SMILES string of the molecule is O=C(O)CCNC(=S)NN=CCc1csc(-c2ccc(Cl)c(Cl)c2)c1O. The number of hydrogen-bond donors (Lipinski definition) is 4. The van der Waals surface area contributed by atoms with Crippen LogP contribution in [0.3, 0.4) is 0 Å². The smallest absolute Gasteiger partial charge is 0.305 e. The molecule has 0 aliphatic rings. The predicted octanol–water partition coefficient (Wildman–Crippen LogP) is 3.89. The van der Waals surface area contributed by atoms with Crippen molar-refractivity contribution in [2.75, 3.05) is 6.54 Å². The van der Waals surface area contributed by atoms with Gasteiger partial charge in [0.1, 0.15) is 5.75 Å². The van der Waals surface area contributed by atoms with E-state index in [2.05, 4.69) is 15.8 Å². The Labute approximate surface area is 169 Å². The van der Waals surface area contributed by atoms with Crippen molar-refractivity contribution >= 4 is 64.1 Å². The zero-order chi connectivity index (χ0) is 19.1. The summed E-state index contributed by atoms with van der Waals surface area (Å²) >= 11 is 18.3. The molecular weight excluding hydrogens is 417 g/mol. The number of rotatable bonds is 7. The van der Waals surface area contributed by atoms with E-state index in [0.29, 0.717) is 26.9 Å². The fraction of sp³-hybridized carbons (Fsp3) is 0.188. The summed E-state index contributed by atoms with van der Waals surface area (Å²) < 4.78 is 0. The van der Waals surface area contributed by atoms with Crippen LogP contribution < -0.4 is 10.7 Å². The summed E-state index contributed by atoms with van der Waals surface area (Å²) in [4.78, 5) is 11.1. The number of benzene rings is 1. The van der Waals surface area contributed by atoms with Crippen molar-refractivity contribution in [2.45, 2.75) is 12.8 Å². The third-order valence-corrected chi connectivity index (χ3v) is 5.25. The minimum atomic E-state index is -0.908. The second-order valence-corrected chi connectivity index (χ2v) is 7.20. The van der Waals surface area contributed by atoms with Crippen LogP contribution in [0.25, 0.3) is 10.4 Å². The van der Waals surface area contributed by atoms with E-state index in [1.54, 1.807) is 24.4 Å². The number of nitrogens with zero attached hydrogens (tertiary/aromatic N) is 1. The van der Waals surface area contributed by atoms with Crippen LogP contribution in [0.5, 0.6) is 5.75 Å². The highest BCUT2D eigenvalue weighted by atomic mass is 35.5. The number of nitrogens with one attached hydrogen (secondary N) is 2. The van der Waals surface area contributed by atoms with Gasteiger partial charge in [0.15, 0.2) is 5.11 Å². The van der Waals surface area contributed by atoms with Gasteiger partial charge >= 0.3 is 5.97 Å². The number of carboxylic acid groups (broad SMARTS) is 1. The molecule has 0 unspecified atom stereocenters. The number of thiophene rings is 1. The number of aliphatic carboxylic acids is 1. The Bertz CT molecular complexity index is 840. The van der Waals surface area contributed by atoms with Crippen molar-refractivity contribution in [3.05, 3.63) is 39.2 Å². The van der Waals surface area contributed by atoms with Crippen molar-refractivity contribution in [1.82, 2.24) is 10.7 Å². The molecule has 1 heterocycles. The molecule has 1 aromatic carbocycles. The lowest BCUT2D eigenvalue weighted by Crippen LogP contribution is -2.33. The fourth-order valence-electron chi connectivity index (χ4n) is 1.95.